The Hall–Kier alpha value is -1.58. The third-order valence-electron chi connectivity index (χ3n) is 2.49. The van der Waals surface area contributed by atoms with Gasteiger partial charge in [-0.3, -0.25) is 0 Å². The van der Waals surface area contributed by atoms with Crippen molar-refractivity contribution in [1.82, 2.24) is 0 Å². The second-order valence-electron chi connectivity index (χ2n) is 4.07. The molecule has 0 aliphatic carbocycles. The van der Waals surface area contributed by atoms with Crippen LogP contribution < -0.4 is 4.74 Å². The maximum atomic E-state index is 13.3. The fraction of sp³-hybridized carbons (Fsp3) is 0.429. The highest BCUT2D eigenvalue weighted by atomic mass is 32.2. The molecule has 0 amide bonds. The zero-order valence-electron chi connectivity index (χ0n) is 11.2. The van der Waals surface area contributed by atoms with Gasteiger partial charge in [0.15, 0.2) is 0 Å². The van der Waals surface area contributed by atoms with E-state index >= 15 is 0 Å². The first-order valence-electron chi connectivity index (χ1n) is 6.20. The van der Waals surface area contributed by atoms with Crippen LogP contribution in [0.15, 0.2) is 18.2 Å². The monoisotopic (exact) mass is 300 g/mol. The van der Waals surface area contributed by atoms with Crippen LogP contribution in [-0.4, -0.2) is 38.2 Å². The summed E-state index contributed by atoms with van der Waals surface area (Å²) in [4.78, 5) is 0. The summed E-state index contributed by atoms with van der Waals surface area (Å²) in [5.41, 5.74) is 0.398. The number of hydrogen-bond donors (Lipinski definition) is 1. The molecule has 1 aromatic rings. The normalized spacial score (nSPS) is 10.8. The Labute approximate surface area is 118 Å². The van der Waals surface area contributed by atoms with E-state index < -0.39 is 15.7 Å². The molecule has 110 valence electrons. The molecule has 0 unspecified atom stereocenters. The number of ether oxygens (including phenoxy) is 1. The van der Waals surface area contributed by atoms with Gasteiger partial charge in [-0.25, -0.2) is 12.8 Å². The maximum absolute atomic E-state index is 13.3. The number of hydrogen-bond acceptors (Lipinski definition) is 4. The molecule has 1 rings (SSSR count). The molecule has 0 saturated heterocycles. The van der Waals surface area contributed by atoms with Crippen LogP contribution >= 0.6 is 0 Å². The lowest BCUT2D eigenvalue weighted by Crippen LogP contribution is -2.11. The SMILES string of the molecule is CCS(=O)(=O)CCCOc1cc(F)cc(C#CCO)c1. The van der Waals surface area contributed by atoms with Gasteiger partial charge in [0.05, 0.1) is 12.4 Å². The molecular formula is C14H17FO4S. The first-order valence-corrected chi connectivity index (χ1v) is 8.02. The fourth-order valence-corrected chi connectivity index (χ4v) is 2.32. The number of sulfone groups is 1. The Morgan fingerprint density at radius 3 is 2.75 bits per heavy atom. The van der Waals surface area contributed by atoms with E-state index in [1.165, 1.54) is 12.1 Å². The van der Waals surface area contributed by atoms with E-state index in [-0.39, 0.29) is 24.7 Å². The first-order chi connectivity index (χ1) is 9.46. The standard InChI is InChI=1S/C14H17FO4S/c1-2-20(17,18)8-4-7-19-14-10-12(5-3-6-16)9-13(15)11-14/h9-11,16H,2,4,6-8H2,1H3. The van der Waals surface area contributed by atoms with Crippen molar-refractivity contribution < 1.29 is 22.7 Å². The summed E-state index contributed by atoms with van der Waals surface area (Å²) in [7, 11) is -3.01. The molecule has 1 N–H and O–H groups in total. The number of aliphatic hydroxyl groups excluding tert-OH is 1. The molecule has 0 radical (unpaired) electrons. The van der Waals surface area contributed by atoms with E-state index in [2.05, 4.69) is 11.8 Å². The fourth-order valence-electron chi connectivity index (χ4n) is 1.47. The number of halogens is 1. The van der Waals surface area contributed by atoms with E-state index in [1.807, 2.05) is 0 Å². The van der Waals surface area contributed by atoms with Crippen molar-refractivity contribution in [3.63, 3.8) is 0 Å². The quantitative estimate of drug-likeness (QED) is 0.637. The van der Waals surface area contributed by atoms with Gasteiger partial charge in [0.25, 0.3) is 0 Å². The Morgan fingerprint density at radius 1 is 1.35 bits per heavy atom. The Bertz CT molecular complexity index is 599. The average Bonchev–Trinajstić information content (AvgIpc) is 2.41. The number of rotatable bonds is 6. The molecule has 1 aromatic carbocycles. The van der Waals surface area contributed by atoms with Crippen molar-refractivity contribution in [3.8, 4) is 17.6 Å². The summed E-state index contributed by atoms with van der Waals surface area (Å²) in [6.07, 6.45) is 0.352. The molecule has 0 aliphatic rings. The smallest absolute Gasteiger partial charge is 0.150 e. The minimum Gasteiger partial charge on any atom is -0.493 e. The lowest BCUT2D eigenvalue weighted by atomic mass is 10.2. The van der Waals surface area contributed by atoms with Gasteiger partial charge < -0.3 is 9.84 Å². The van der Waals surface area contributed by atoms with Crippen LogP contribution in [0.5, 0.6) is 5.75 Å². The molecular weight excluding hydrogens is 283 g/mol. The van der Waals surface area contributed by atoms with Crippen molar-refractivity contribution in [1.29, 1.82) is 0 Å². The van der Waals surface area contributed by atoms with Crippen molar-refractivity contribution in [2.24, 2.45) is 0 Å². The van der Waals surface area contributed by atoms with Gasteiger partial charge in [-0.05, 0) is 18.6 Å². The van der Waals surface area contributed by atoms with Gasteiger partial charge in [-0.15, -0.1) is 0 Å². The first kappa shape index (κ1) is 16.5. The van der Waals surface area contributed by atoms with Crippen LogP contribution in [0, 0.1) is 17.7 Å². The second kappa shape index (κ2) is 7.88. The largest absolute Gasteiger partial charge is 0.493 e. The molecule has 0 atom stereocenters. The van der Waals surface area contributed by atoms with Crippen LogP contribution in [0.4, 0.5) is 4.39 Å². The van der Waals surface area contributed by atoms with Crippen LogP contribution in [0.25, 0.3) is 0 Å². The highest BCUT2D eigenvalue weighted by molar-refractivity contribution is 7.91. The summed E-state index contributed by atoms with van der Waals surface area (Å²) >= 11 is 0. The molecule has 20 heavy (non-hydrogen) atoms. The highest BCUT2D eigenvalue weighted by Gasteiger charge is 2.07. The van der Waals surface area contributed by atoms with Crippen molar-refractivity contribution >= 4 is 9.84 Å². The van der Waals surface area contributed by atoms with Gasteiger partial charge in [-0.2, -0.15) is 0 Å². The summed E-state index contributed by atoms with van der Waals surface area (Å²) in [5.74, 6) is 4.96. The predicted molar refractivity (Wildman–Crippen MR) is 74.8 cm³/mol. The van der Waals surface area contributed by atoms with Gasteiger partial charge in [0, 0.05) is 17.4 Å². The van der Waals surface area contributed by atoms with Crippen molar-refractivity contribution in [2.75, 3.05) is 24.7 Å². The van der Waals surface area contributed by atoms with Crippen LogP contribution in [0.2, 0.25) is 0 Å². The molecule has 0 fully saturated rings. The predicted octanol–water partition coefficient (Wildman–Crippen LogP) is 1.37. The minimum absolute atomic E-state index is 0.0516. The van der Waals surface area contributed by atoms with E-state index in [4.69, 9.17) is 9.84 Å². The van der Waals surface area contributed by atoms with E-state index in [0.29, 0.717) is 17.7 Å². The van der Waals surface area contributed by atoms with Crippen LogP contribution in [0.3, 0.4) is 0 Å². The average molecular weight is 300 g/mol. The molecule has 0 saturated carbocycles. The van der Waals surface area contributed by atoms with Gasteiger partial charge >= 0.3 is 0 Å². The van der Waals surface area contributed by atoms with E-state index in [9.17, 15) is 12.8 Å². The van der Waals surface area contributed by atoms with Crippen molar-refractivity contribution in [3.05, 3.63) is 29.6 Å². The summed E-state index contributed by atoms with van der Waals surface area (Å²) in [6, 6.07) is 3.98. The van der Waals surface area contributed by atoms with Crippen LogP contribution in [0.1, 0.15) is 18.9 Å². The van der Waals surface area contributed by atoms with Gasteiger partial charge in [-0.1, -0.05) is 18.8 Å². The minimum atomic E-state index is -3.01. The van der Waals surface area contributed by atoms with Crippen LogP contribution in [-0.2, 0) is 9.84 Å². The molecule has 0 heterocycles. The lowest BCUT2D eigenvalue weighted by Gasteiger charge is -2.07. The highest BCUT2D eigenvalue weighted by Crippen LogP contribution is 2.16. The molecule has 0 aromatic heterocycles. The number of aliphatic hydroxyl groups is 1. The molecule has 6 heteroatoms. The third-order valence-corrected chi connectivity index (χ3v) is 4.28. The molecule has 4 nitrogen and oxygen atoms in total. The van der Waals surface area contributed by atoms with Gasteiger partial charge in [0.2, 0.25) is 0 Å². The lowest BCUT2D eigenvalue weighted by molar-refractivity contribution is 0.316. The second-order valence-corrected chi connectivity index (χ2v) is 6.55. The van der Waals surface area contributed by atoms with E-state index in [0.717, 1.165) is 0 Å². The third kappa shape index (κ3) is 6.04. The van der Waals surface area contributed by atoms with Crippen molar-refractivity contribution in [2.45, 2.75) is 13.3 Å². The molecule has 0 bridgehead atoms. The maximum Gasteiger partial charge on any atom is 0.150 e. The Morgan fingerprint density at radius 2 is 2.10 bits per heavy atom. The summed E-state index contributed by atoms with van der Waals surface area (Å²) in [5, 5.41) is 8.58. The zero-order chi connectivity index (χ0) is 15.0. The Kier molecular flexibility index (Phi) is 6.49. The van der Waals surface area contributed by atoms with E-state index in [1.54, 1.807) is 13.0 Å². The Balaban J connectivity index is 2.58. The zero-order valence-corrected chi connectivity index (χ0v) is 12.0. The molecule has 0 aliphatic heterocycles. The van der Waals surface area contributed by atoms with Gasteiger partial charge in [0.1, 0.15) is 28.0 Å². The summed E-state index contributed by atoms with van der Waals surface area (Å²) < 4.78 is 41.2. The topological polar surface area (TPSA) is 63.6 Å². The summed E-state index contributed by atoms with van der Waals surface area (Å²) in [6.45, 7) is 1.48. The molecule has 0 spiro atoms. The number of benzene rings is 1.